The smallest absolute Gasteiger partial charge is 0.146 e. The highest BCUT2D eigenvalue weighted by atomic mass is 16.6. The first-order valence-corrected chi connectivity index (χ1v) is 9.17. The second kappa shape index (κ2) is 8.30. The number of rotatable bonds is 5. The van der Waals surface area contributed by atoms with Crippen LogP contribution in [0.3, 0.4) is 0 Å². The Morgan fingerprint density at radius 2 is 1.11 bits per heavy atom. The van der Waals surface area contributed by atoms with Crippen molar-refractivity contribution in [3.05, 3.63) is 95.1 Å². The minimum absolute atomic E-state index is 0.126. The van der Waals surface area contributed by atoms with Crippen LogP contribution in [0.5, 0.6) is 11.5 Å². The van der Waals surface area contributed by atoms with Gasteiger partial charge in [-0.3, -0.25) is 0 Å². The van der Waals surface area contributed by atoms with E-state index < -0.39 is 0 Å². The molecule has 0 aromatic heterocycles. The van der Waals surface area contributed by atoms with Gasteiger partial charge in [-0.1, -0.05) is 69.3 Å². The Hall–Kier alpha value is -3.08. The third-order valence-electron chi connectivity index (χ3n) is 4.69. The molecule has 0 unspecified atom stereocenters. The molecule has 0 aliphatic heterocycles. The first-order chi connectivity index (χ1) is 13.4. The van der Waals surface area contributed by atoms with E-state index in [2.05, 4.69) is 51.1 Å². The van der Waals surface area contributed by atoms with Gasteiger partial charge in [-0.2, -0.15) is 11.8 Å². The molecule has 0 aliphatic carbocycles. The van der Waals surface area contributed by atoms with Gasteiger partial charge in [0.2, 0.25) is 0 Å². The van der Waals surface area contributed by atoms with Gasteiger partial charge in [0.05, 0.1) is 0 Å². The zero-order chi connectivity index (χ0) is 20.1. The fourth-order valence-corrected chi connectivity index (χ4v) is 3.01. The molecule has 4 heteroatoms. The summed E-state index contributed by atoms with van der Waals surface area (Å²) in [4.78, 5) is 9.60. The number of benzene rings is 3. The third-order valence-corrected chi connectivity index (χ3v) is 4.69. The standard InChI is InChI=1S/C24H26N2O2/c1-24(2,3)20-10-4-17(5-11-20)16-23(18-6-12-21(27-25)13-7-18)19-8-14-22(28-26)15-9-19/h4-16H,25-26H2,1-3H3. The summed E-state index contributed by atoms with van der Waals surface area (Å²) >= 11 is 0. The van der Waals surface area contributed by atoms with Crippen molar-refractivity contribution in [3.8, 4) is 11.5 Å². The normalized spacial score (nSPS) is 11.0. The summed E-state index contributed by atoms with van der Waals surface area (Å²) in [6, 6.07) is 24.0. The summed E-state index contributed by atoms with van der Waals surface area (Å²) in [5.74, 6) is 11.7. The summed E-state index contributed by atoms with van der Waals surface area (Å²) in [6.07, 6.45) is 2.17. The molecule has 0 aliphatic rings. The summed E-state index contributed by atoms with van der Waals surface area (Å²) in [6.45, 7) is 6.64. The van der Waals surface area contributed by atoms with Crippen molar-refractivity contribution in [2.24, 2.45) is 11.8 Å². The summed E-state index contributed by atoms with van der Waals surface area (Å²) in [7, 11) is 0. The molecule has 3 rings (SSSR count). The average molecular weight is 374 g/mol. The molecular weight excluding hydrogens is 348 g/mol. The Kier molecular flexibility index (Phi) is 5.83. The molecule has 0 saturated carbocycles. The second-order valence-corrected chi connectivity index (χ2v) is 7.71. The van der Waals surface area contributed by atoms with Crippen molar-refractivity contribution in [2.75, 3.05) is 0 Å². The molecule has 4 N–H and O–H groups in total. The van der Waals surface area contributed by atoms with E-state index in [9.17, 15) is 0 Å². The van der Waals surface area contributed by atoms with E-state index in [0.717, 1.165) is 22.3 Å². The van der Waals surface area contributed by atoms with E-state index in [1.54, 1.807) is 0 Å². The van der Waals surface area contributed by atoms with Gasteiger partial charge >= 0.3 is 0 Å². The van der Waals surface area contributed by atoms with E-state index in [-0.39, 0.29) is 5.41 Å². The minimum atomic E-state index is 0.126. The molecule has 4 nitrogen and oxygen atoms in total. The zero-order valence-electron chi connectivity index (χ0n) is 16.5. The number of hydrogen-bond acceptors (Lipinski definition) is 4. The molecule has 3 aromatic rings. The van der Waals surface area contributed by atoms with Gasteiger partial charge in [-0.15, -0.1) is 0 Å². The maximum atomic E-state index is 5.25. The average Bonchev–Trinajstić information content (AvgIpc) is 2.72. The second-order valence-electron chi connectivity index (χ2n) is 7.71. The third kappa shape index (κ3) is 4.60. The SMILES string of the molecule is CC(C)(C)c1ccc(C=C(c2ccc(ON)cc2)c2ccc(ON)cc2)cc1. The lowest BCUT2D eigenvalue weighted by Gasteiger charge is -2.19. The van der Waals surface area contributed by atoms with Crippen molar-refractivity contribution in [3.63, 3.8) is 0 Å². The van der Waals surface area contributed by atoms with Gasteiger partial charge in [-0.05, 0) is 63.6 Å². The fourth-order valence-electron chi connectivity index (χ4n) is 3.01. The predicted octanol–water partition coefficient (Wildman–Crippen LogP) is 5.08. The van der Waals surface area contributed by atoms with Crippen molar-refractivity contribution in [2.45, 2.75) is 26.2 Å². The van der Waals surface area contributed by atoms with E-state index in [1.807, 2.05) is 48.5 Å². The molecule has 3 aromatic carbocycles. The maximum Gasteiger partial charge on any atom is 0.146 e. The van der Waals surface area contributed by atoms with E-state index in [0.29, 0.717) is 11.5 Å². The Labute approximate surface area is 166 Å². The molecular formula is C24H26N2O2. The van der Waals surface area contributed by atoms with Crippen molar-refractivity contribution < 1.29 is 9.68 Å². The Morgan fingerprint density at radius 1 is 0.679 bits per heavy atom. The van der Waals surface area contributed by atoms with Crippen LogP contribution in [0.25, 0.3) is 11.6 Å². The van der Waals surface area contributed by atoms with Crippen LogP contribution in [0.15, 0.2) is 72.8 Å². The van der Waals surface area contributed by atoms with E-state index in [4.69, 9.17) is 21.5 Å². The van der Waals surface area contributed by atoms with Crippen molar-refractivity contribution in [1.29, 1.82) is 0 Å². The fraction of sp³-hybridized carbons (Fsp3) is 0.167. The molecule has 0 bridgehead atoms. The summed E-state index contributed by atoms with van der Waals surface area (Å²) < 4.78 is 0. The van der Waals surface area contributed by atoms with Crippen LogP contribution < -0.4 is 21.5 Å². The lowest BCUT2D eigenvalue weighted by atomic mass is 9.86. The van der Waals surface area contributed by atoms with Crippen LogP contribution >= 0.6 is 0 Å². The minimum Gasteiger partial charge on any atom is -0.412 e. The molecule has 28 heavy (non-hydrogen) atoms. The molecule has 0 spiro atoms. The zero-order valence-corrected chi connectivity index (χ0v) is 16.5. The topological polar surface area (TPSA) is 70.5 Å². The molecule has 0 radical (unpaired) electrons. The van der Waals surface area contributed by atoms with E-state index >= 15 is 0 Å². The Bertz CT molecular complexity index is 886. The first-order valence-electron chi connectivity index (χ1n) is 9.17. The lowest BCUT2D eigenvalue weighted by Crippen LogP contribution is -2.10. The monoisotopic (exact) mass is 374 g/mol. The maximum absolute atomic E-state index is 5.25. The highest BCUT2D eigenvalue weighted by Gasteiger charge is 2.13. The summed E-state index contributed by atoms with van der Waals surface area (Å²) in [5.41, 5.74) is 5.75. The molecule has 0 fully saturated rings. The van der Waals surface area contributed by atoms with Crippen molar-refractivity contribution >= 4 is 11.6 Å². The van der Waals surface area contributed by atoms with Crippen LogP contribution in [-0.4, -0.2) is 0 Å². The molecule has 0 saturated heterocycles. The lowest BCUT2D eigenvalue weighted by molar-refractivity contribution is 0.334. The molecule has 144 valence electrons. The predicted molar refractivity (Wildman–Crippen MR) is 115 cm³/mol. The van der Waals surface area contributed by atoms with Crippen molar-refractivity contribution in [1.82, 2.24) is 0 Å². The van der Waals surface area contributed by atoms with Crippen LogP contribution in [0, 0.1) is 0 Å². The van der Waals surface area contributed by atoms with Gasteiger partial charge < -0.3 is 9.68 Å². The van der Waals surface area contributed by atoms with Crippen LogP contribution in [-0.2, 0) is 5.41 Å². The molecule has 0 atom stereocenters. The largest absolute Gasteiger partial charge is 0.412 e. The quantitative estimate of drug-likeness (QED) is 0.483. The first kappa shape index (κ1) is 19.7. The van der Waals surface area contributed by atoms with Gasteiger partial charge in [0.25, 0.3) is 0 Å². The van der Waals surface area contributed by atoms with Crippen LogP contribution in [0.1, 0.15) is 43.0 Å². The Balaban J connectivity index is 2.04. The molecule has 0 amide bonds. The highest BCUT2D eigenvalue weighted by Crippen LogP contribution is 2.30. The number of hydrogen-bond donors (Lipinski definition) is 2. The van der Waals surface area contributed by atoms with E-state index in [1.165, 1.54) is 5.56 Å². The van der Waals surface area contributed by atoms with Gasteiger partial charge in [-0.25, -0.2) is 0 Å². The highest BCUT2D eigenvalue weighted by molar-refractivity contribution is 5.91. The van der Waals surface area contributed by atoms with Gasteiger partial charge in [0, 0.05) is 0 Å². The van der Waals surface area contributed by atoms with Crippen LogP contribution in [0.4, 0.5) is 0 Å². The van der Waals surface area contributed by atoms with Gasteiger partial charge in [0.1, 0.15) is 11.5 Å². The summed E-state index contributed by atoms with van der Waals surface area (Å²) in [5, 5.41) is 0. The van der Waals surface area contributed by atoms with Crippen LogP contribution in [0.2, 0.25) is 0 Å². The Morgan fingerprint density at radius 3 is 1.46 bits per heavy atom. The number of nitrogens with two attached hydrogens (primary N) is 2. The van der Waals surface area contributed by atoms with Gasteiger partial charge in [0.15, 0.2) is 0 Å². The molecule has 0 heterocycles.